The van der Waals surface area contributed by atoms with E-state index in [0.29, 0.717) is 5.41 Å². The lowest BCUT2D eigenvalue weighted by Gasteiger charge is -2.58. The highest BCUT2D eigenvalue weighted by atomic mass is 16.7. The van der Waals surface area contributed by atoms with Crippen molar-refractivity contribution in [1.82, 2.24) is 0 Å². The van der Waals surface area contributed by atoms with E-state index < -0.39 is 11.1 Å². The average Bonchev–Trinajstić information content (AvgIpc) is 3.26. The van der Waals surface area contributed by atoms with Crippen LogP contribution in [0.4, 0.5) is 10.5 Å². The molecule has 8 atom stereocenters. The van der Waals surface area contributed by atoms with Gasteiger partial charge in [-0.05, 0) is 103 Å². The lowest BCUT2D eigenvalue weighted by atomic mass is 9.47. The van der Waals surface area contributed by atoms with Gasteiger partial charge in [-0.2, -0.15) is 0 Å². The Bertz CT molecular complexity index is 1110. The third-order valence-corrected chi connectivity index (χ3v) is 11.8. The molecule has 0 saturated heterocycles. The fourth-order valence-electron chi connectivity index (χ4n) is 9.64. The van der Waals surface area contributed by atoms with Gasteiger partial charge in [-0.1, -0.05) is 65.5 Å². The summed E-state index contributed by atoms with van der Waals surface area (Å²) in [7, 11) is 0. The van der Waals surface area contributed by atoms with Crippen LogP contribution in [0.3, 0.4) is 0 Å². The molecule has 0 spiro atoms. The van der Waals surface area contributed by atoms with E-state index in [-0.39, 0.29) is 23.0 Å². The SMILES string of the molecule is CC(C)CCC[C@@H](C)[C@H]1CC[C@H]2[C@H]3CC=C4C[C@@H](OC(=O)Oc5ccc([N+](=O)[O-])cc5)CC[C@]4(C)[C@@H]3CC[C@]12C. The predicted molar refractivity (Wildman–Crippen MR) is 157 cm³/mol. The van der Waals surface area contributed by atoms with Crippen LogP contribution in [0.1, 0.15) is 105 Å². The zero-order valence-electron chi connectivity index (χ0n) is 25.2. The maximum absolute atomic E-state index is 12.5. The minimum atomic E-state index is -0.732. The third kappa shape index (κ3) is 5.56. The fourth-order valence-corrected chi connectivity index (χ4v) is 9.64. The summed E-state index contributed by atoms with van der Waals surface area (Å²) in [5.74, 6) is 5.11. The summed E-state index contributed by atoms with van der Waals surface area (Å²) < 4.78 is 11.1. The molecule has 0 aliphatic heterocycles. The summed E-state index contributed by atoms with van der Waals surface area (Å²) in [6.07, 6.45) is 15.1. The molecule has 6 heteroatoms. The number of rotatable bonds is 8. The zero-order valence-corrected chi connectivity index (χ0v) is 25.2. The van der Waals surface area contributed by atoms with Gasteiger partial charge in [0.2, 0.25) is 0 Å². The van der Waals surface area contributed by atoms with Gasteiger partial charge in [0.15, 0.2) is 0 Å². The summed E-state index contributed by atoms with van der Waals surface area (Å²) in [5, 5.41) is 10.9. The number of fused-ring (bicyclic) bond motifs is 5. The second-order valence-corrected chi connectivity index (χ2v) is 14.4. The van der Waals surface area contributed by atoms with E-state index in [1.54, 1.807) is 0 Å². The Balaban J connectivity index is 1.20. The molecule has 40 heavy (non-hydrogen) atoms. The predicted octanol–water partition coefficient (Wildman–Crippen LogP) is 9.52. The minimum absolute atomic E-state index is 0.0397. The molecule has 0 N–H and O–H groups in total. The fraction of sp³-hybridized carbons (Fsp3) is 0.735. The first kappa shape index (κ1) is 29.1. The Kier molecular flexibility index (Phi) is 8.37. The highest BCUT2D eigenvalue weighted by Crippen LogP contribution is 2.67. The van der Waals surface area contributed by atoms with Gasteiger partial charge in [-0.25, -0.2) is 4.79 Å². The zero-order chi connectivity index (χ0) is 28.7. The monoisotopic (exact) mass is 551 g/mol. The van der Waals surface area contributed by atoms with Crippen LogP contribution >= 0.6 is 0 Å². The van der Waals surface area contributed by atoms with Crippen molar-refractivity contribution >= 4 is 11.8 Å². The molecule has 6 nitrogen and oxygen atoms in total. The molecule has 0 unspecified atom stereocenters. The molecule has 0 radical (unpaired) electrons. The number of hydrogen-bond acceptors (Lipinski definition) is 5. The second kappa shape index (κ2) is 11.5. The first-order valence-electron chi connectivity index (χ1n) is 15.8. The molecular formula is C34H49NO5. The van der Waals surface area contributed by atoms with Crippen molar-refractivity contribution in [2.45, 2.75) is 111 Å². The van der Waals surface area contributed by atoms with Gasteiger partial charge >= 0.3 is 6.16 Å². The molecule has 3 saturated carbocycles. The van der Waals surface area contributed by atoms with Crippen molar-refractivity contribution in [3.8, 4) is 5.75 Å². The minimum Gasteiger partial charge on any atom is -0.430 e. The Morgan fingerprint density at radius 2 is 1.77 bits per heavy atom. The molecule has 0 aromatic heterocycles. The molecule has 220 valence electrons. The highest BCUT2D eigenvalue weighted by Gasteiger charge is 2.59. The lowest BCUT2D eigenvalue weighted by Crippen LogP contribution is -2.51. The van der Waals surface area contributed by atoms with Gasteiger partial charge in [-0.15, -0.1) is 0 Å². The molecule has 3 fully saturated rings. The standard InChI is InChI=1S/C34H49NO5/c1-22(2)7-6-8-23(3)29-15-16-30-28-14-9-24-21-27(17-19-33(24,4)31(28)18-20-34(29,30)5)40-32(36)39-26-12-10-25(11-13-26)35(37)38/h9-13,22-23,27-31H,6-8,14-21H2,1-5H3/t23-,27+,28-,29-,30+,31-,33+,34-/m1/s1. The smallest absolute Gasteiger partial charge is 0.430 e. The molecule has 0 amide bonds. The molecule has 1 aromatic carbocycles. The van der Waals surface area contributed by atoms with Gasteiger partial charge in [-0.3, -0.25) is 10.1 Å². The van der Waals surface area contributed by atoms with Crippen LogP contribution in [0.5, 0.6) is 5.75 Å². The maximum atomic E-state index is 12.5. The van der Waals surface area contributed by atoms with E-state index in [9.17, 15) is 14.9 Å². The molecule has 1 aromatic rings. The quantitative estimate of drug-likeness (QED) is 0.106. The number of hydrogen-bond donors (Lipinski definition) is 0. The lowest BCUT2D eigenvalue weighted by molar-refractivity contribution is -0.384. The van der Waals surface area contributed by atoms with Crippen LogP contribution in [0.25, 0.3) is 0 Å². The summed E-state index contributed by atoms with van der Waals surface area (Å²) in [5.41, 5.74) is 2.13. The number of carbonyl (C=O) groups is 1. The van der Waals surface area contributed by atoms with Gasteiger partial charge in [0.25, 0.3) is 5.69 Å². The van der Waals surface area contributed by atoms with Crippen LogP contribution in [-0.2, 0) is 4.74 Å². The average molecular weight is 552 g/mol. The van der Waals surface area contributed by atoms with Crippen LogP contribution in [0.2, 0.25) is 0 Å². The van der Waals surface area contributed by atoms with Gasteiger partial charge < -0.3 is 9.47 Å². The van der Waals surface area contributed by atoms with Crippen LogP contribution in [-0.4, -0.2) is 17.2 Å². The van der Waals surface area contributed by atoms with E-state index in [4.69, 9.17) is 9.47 Å². The molecule has 4 aliphatic rings. The van der Waals surface area contributed by atoms with E-state index in [1.807, 2.05) is 0 Å². The molecule has 0 bridgehead atoms. The van der Waals surface area contributed by atoms with Crippen LogP contribution in [0, 0.1) is 56.5 Å². The Morgan fingerprint density at radius 3 is 2.48 bits per heavy atom. The van der Waals surface area contributed by atoms with Crippen LogP contribution < -0.4 is 4.74 Å². The van der Waals surface area contributed by atoms with E-state index in [1.165, 1.54) is 81.2 Å². The molecule has 5 rings (SSSR count). The number of ether oxygens (including phenoxy) is 2. The first-order chi connectivity index (χ1) is 19.0. The van der Waals surface area contributed by atoms with Crippen molar-refractivity contribution in [2.24, 2.45) is 46.3 Å². The number of nitro benzene ring substituents is 1. The number of nitro groups is 1. The van der Waals surface area contributed by atoms with Gasteiger partial charge in [0.1, 0.15) is 11.9 Å². The number of nitrogens with zero attached hydrogens (tertiary/aromatic N) is 1. The number of carbonyl (C=O) groups excluding carboxylic acids is 1. The van der Waals surface area contributed by atoms with E-state index in [2.05, 4.69) is 40.7 Å². The molecular weight excluding hydrogens is 502 g/mol. The largest absolute Gasteiger partial charge is 0.514 e. The van der Waals surface area contributed by atoms with Gasteiger partial charge in [0, 0.05) is 18.6 Å². The van der Waals surface area contributed by atoms with Crippen molar-refractivity contribution in [1.29, 1.82) is 0 Å². The van der Waals surface area contributed by atoms with Crippen molar-refractivity contribution < 1.29 is 19.2 Å². The number of non-ortho nitro benzene ring substituents is 1. The summed E-state index contributed by atoms with van der Waals surface area (Å²) in [4.78, 5) is 22.9. The van der Waals surface area contributed by atoms with Crippen LogP contribution in [0.15, 0.2) is 35.9 Å². The highest BCUT2D eigenvalue weighted by molar-refractivity contribution is 5.64. The summed E-state index contributed by atoms with van der Waals surface area (Å²) in [6.45, 7) is 12.4. The molecule has 4 aliphatic carbocycles. The van der Waals surface area contributed by atoms with Crippen molar-refractivity contribution in [3.05, 3.63) is 46.0 Å². The third-order valence-electron chi connectivity index (χ3n) is 11.8. The Labute approximate surface area is 240 Å². The van der Waals surface area contributed by atoms with Gasteiger partial charge in [0.05, 0.1) is 4.92 Å². The topological polar surface area (TPSA) is 78.7 Å². The first-order valence-corrected chi connectivity index (χ1v) is 15.8. The normalized spacial score (nSPS) is 35.6. The van der Waals surface area contributed by atoms with E-state index >= 15 is 0 Å². The van der Waals surface area contributed by atoms with Crippen molar-refractivity contribution in [3.63, 3.8) is 0 Å². The molecule has 0 heterocycles. The second-order valence-electron chi connectivity index (χ2n) is 14.4. The summed E-state index contributed by atoms with van der Waals surface area (Å²) >= 11 is 0. The number of benzene rings is 1. The summed E-state index contributed by atoms with van der Waals surface area (Å²) in [6, 6.07) is 5.51. The Morgan fingerprint density at radius 1 is 1.02 bits per heavy atom. The maximum Gasteiger partial charge on any atom is 0.514 e. The number of allylic oxidation sites excluding steroid dienone is 1. The van der Waals surface area contributed by atoms with Crippen molar-refractivity contribution in [2.75, 3.05) is 0 Å². The van der Waals surface area contributed by atoms with E-state index in [0.717, 1.165) is 54.8 Å². The Hall–Kier alpha value is -2.37.